The second-order valence-electron chi connectivity index (χ2n) is 6.74. The summed E-state index contributed by atoms with van der Waals surface area (Å²) in [7, 11) is 0. The number of hydrogen-bond donors (Lipinski definition) is 1. The molecule has 0 aliphatic heterocycles. The van der Waals surface area contributed by atoms with Gasteiger partial charge in [0.1, 0.15) is 11.7 Å². The van der Waals surface area contributed by atoms with Gasteiger partial charge in [-0.25, -0.2) is 4.68 Å². The van der Waals surface area contributed by atoms with E-state index in [-0.39, 0.29) is 17.3 Å². The summed E-state index contributed by atoms with van der Waals surface area (Å²) in [5.74, 6) is 0. The first-order valence-corrected chi connectivity index (χ1v) is 7.67. The largest absolute Gasteiger partial charge is 0.363 e. The third kappa shape index (κ3) is 3.05. The van der Waals surface area contributed by atoms with E-state index in [1.54, 1.807) is 6.07 Å². The van der Waals surface area contributed by atoms with Crippen LogP contribution in [-0.2, 0) is 0 Å². The summed E-state index contributed by atoms with van der Waals surface area (Å²) >= 11 is 0. The summed E-state index contributed by atoms with van der Waals surface area (Å²) < 4.78 is 1.83. The number of hydrogen-bond acceptors (Lipinski definition) is 5. The first-order valence-electron chi connectivity index (χ1n) is 7.67. The topological polar surface area (TPSA) is 85.9 Å². The summed E-state index contributed by atoms with van der Waals surface area (Å²) in [6, 6.07) is 14.2. The molecule has 0 aliphatic rings. The van der Waals surface area contributed by atoms with E-state index in [0.717, 1.165) is 11.0 Å². The Morgan fingerprint density at radius 1 is 1.17 bits per heavy atom. The van der Waals surface area contributed by atoms with Gasteiger partial charge in [0.25, 0.3) is 5.69 Å². The van der Waals surface area contributed by atoms with Crippen LogP contribution in [0.15, 0.2) is 48.5 Å². The van der Waals surface area contributed by atoms with Crippen molar-refractivity contribution in [2.45, 2.75) is 26.9 Å². The Kier molecular flexibility index (Phi) is 3.92. The molecule has 124 valence electrons. The molecule has 0 amide bonds. The Balaban J connectivity index is 2.02. The van der Waals surface area contributed by atoms with Gasteiger partial charge in [0, 0.05) is 23.2 Å². The number of anilines is 1. The van der Waals surface area contributed by atoms with E-state index in [4.69, 9.17) is 0 Å². The number of benzene rings is 2. The Morgan fingerprint density at radius 3 is 2.62 bits per heavy atom. The maximum Gasteiger partial charge on any atom is 0.271 e. The Labute approximate surface area is 139 Å². The molecule has 2 aromatic carbocycles. The van der Waals surface area contributed by atoms with Crippen LogP contribution in [0.3, 0.4) is 0 Å². The molecular weight excluding hydrogens is 306 g/mol. The fraction of sp³-hybridized carbons (Fsp3) is 0.294. The van der Waals surface area contributed by atoms with Crippen LogP contribution >= 0.6 is 0 Å². The summed E-state index contributed by atoms with van der Waals surface area (Å²) in [5, 5.41) is 22.8. The van der Waals surface area contributed by atoms with E-state index < -0.39 is 4.92 Å². The van der Waals surface area contributed by atoms with Gasteiger partial charge in [-0.15, -0.1) is 5.10 Å². The highest BCUT2D eigenvalue weighted by Crippen LogP contribution is 2.33. The van der Waals surface area contributed by atoms with Crippen molar-refractivity contribution >= 4 is 22.4 Å². The van der Waals surface area contributed by atoms with Gasteiger partial charge in [-0.2, -0.15) is 0 Å². The van der Waals surface area contributed by atoms with E-state index >= 15 is 0 Å². The quantitative estimate of drug-likeness (QED) is 0.579. The van der Waals surface area contributed by atoms with Crippen molar-refractivity contribution in [1.29, 1.82) is 0 Å². The van der Waals surface area contributed by atoms with Crippen LogP contribution < -0.4 is 5.32 Å². The molecule has 1 aromatic heterocycles. The molecule has 0 aliphatic carbocycles. The number of non-ortho nitro benzene ring substituents is 1. The van der Waals surface area contributed by atoms with Crippen molar-refractivity contribution in [3.8, 4) is 0 Å². The third-order valence-electron chi connectivity index (χ3n) is 3.80. The van der Waals surface area contributed by atoms with Crippen LogP contribution in [0.4, 0.5) is 11.4 Å². The van der Waals surface area contributed by atoms with Crippen LogP contribution in [-0.4, -0.2) is 19.9 Å². The average molecular weight is 325 g/mol. The minimum atomic E-state index is -0.401. The lowest BCUT2D eigenvalue weighted by Gasteiger charge is -2.32. The summed E-state index contributed by atoms with van der Waals surface area (Å²) in [4.78, 5) is 10.6. The molecule has 0 saturated carbocycles. The van der Waals surface area contributed by atoms with Crippen molar-refractivity contribution in [1.82, 2.24) is 15.0 Å². The highest BCUT2D eigenvalue weighted by Gasteiger charge is 2.29. The molecule has 7 heteroatoms. The van der Waals surface area contributed by atoms with Gasteiger partial charge >= 0.3 is 0 Å². The van der Waals surface area contributed by atoms with Gasteiger partial charge in [-0.05, 0) is 18.2 Å². The molecule has 0 radical (unpaired) electrons. The number of nitro benzene ring substituents is 1. The van der Waals surface area contributed by atoms with Gasteiger partial charge in [0.15, 0.2) is 0 Å². The van der Waals surface area contributed by atoms with Gasteiger partial charge in [0.2, 0.25) is 0 Å². The molecule has 0 fully saturated rings. The first kappa shape index (κ1) is 15.9. The lowest BCUT2D eigenvalue weighted by molar-refractivity contribution is -0.384. The monoisotopic (exact) mass is 325 g/mol. The number of nitro groups is 1. The molecule has 0 saturated heterocycles. The number of aromatic nitrogens is 3. The molecule has 7 nitrogen and oxygen atoms in total. The molecule has 1 atom stereocenters. The predicted molar refractivity (Wildman–Crippen MR) is 92.7 cm³/mol. The Hall–Kier alpha value is -2.96. The van der Waals surface area contributed by atoms with Crippen LogP contribution in [0.1, 0.15) is 26.9 Å². The molecule has 1 heterocycles. The van der Waals surface area contributed by atoms with E-state index in [2.05, 4.69) is 36.4 Å². The van der Waals surface area contributed by atoms with Gasteiger partial charge in [-0.3, -0.25) is 10.1 Å². The lowest BCUT2D eigenvalue weighted by atomic mass is 9.92. The number of fused-ring (bicyclic) bond motifs is 1. The van der Waals surface area contributed by atoms with Crippen LogP contribution in [0, 0.1) is 15.5 Å². The Morgan fingerprint density at radius 2 is 1.92 bits per heavy atom. The van der Waals surface area contributed by atoms with E-state index in [0.29, 0.717) is 5.69 Å². The number of rotatable bonds is 4. The fourth-order valence-electron chi connectivity index (χ4n) is 2.59. The maximum absolute atomic E-state index is 11.0. The highest BCUT2D eigenvalue weighted by atomic mass is 16.6. The van der Waals surface area contributed by atoms with Gasteiger partial charge in [0.05, 0.1) is 10.4 Å². The molecular formula is C17H19N5O2. The minimum Gasteiger partial charge on any atom is -0.363 e. The zero-order chi connectivity index (χ0) is 17.3. The molecule has 3 rings (SSSR count). The van der Waals surface area contributed by atoms with Crippen LogP contribution in [0.2, 0.25) is 0 Å². The molecule has 0 bridgehead atoms. The van der Waals surface area contributed by atoms with E-state index in [1.807, 2.05) is 35.0 Å². The van der Waals surface area contributed by atoms with Crippen molar-refractivity contribution < 1.29 is 4.92 Å². The SMILES string of the molecule is CC(C)(C)C(Nc1cccc([N+](=O)[O-])c1)n1nnc2ccccc21. The molecule has 3 aromatic rings. The van der Waals surface area contributed by atoms with Crippen LogP contribution in [0.5, 0.6) is 0 Å². The molecule has 24 heavy (non-hydrogen) atoms. The van der Waals surface area contributed by atoms with Crippen molar-refractivity contribution in [2.24, 2.45) is 5.41 Å². The first-order chi connectivity index (χ1) is 11.4. The van der Waals surface area contributed by atoms with Crippen molar-refractivity contribution in [3.05, 3.63) is 58.6 Å². The second kappa shape index (κ2) is 5.92. The van der Waals surface area contributed by atoms with E-state index in [1.165, 1.54) is 12.1 Å². The zero-order valence-electron chi connectivity index (χ0n) is 13.8. The maximum atomic E-state index is 11.0. The number of nitrogens with zero attached hydrogens (tertiary/aromatic N) is 4. The third-order valence-corrected chi connectivity index (χ3v) is 3.80. The minimum absolute atomic E-state index is 0.0520. The fourth-order valence-corrected chi connectivity index (χ4v) is 2.59. The van der Waals surface area contributed by atoms with Crippen LogP contribution in [0.25, 0.3) is 11.0 Å². The van der Waals surface area contributed by atoms with Crippen molar-refractivity contribution in [2.75, 3.05) is 5.32 Å². The zero-order valence-corrected chi connectivity index (χ0v) is 13.8. The lowest BCUT2D eigenvalue weighted by Crippen LogP contribution is -2.32. The van der Waals surface area contributed by atoms with Gasteiger partial charge in [-0.1, -0.05) is 44.2 Å². The standard InChI is InChI=1S/C17H19N5O2/c1-17(2,3)16(18-12-7-6-8-13(11-12)22(23)24)21-15-10-5-4-9-14(15)19-20-21/h4-11,16,18H,1-3H3. The highest BCUT2D eigenvalue weighted by molar-refractivity contribution is 5.74. The van der Waals surface area contributed by atoms with Crippen molar-refractivity contribution in [3.63, 3.8) is 0 Å². The molecule has 0 spiro atoms. The Bertz CT molecular complexity index is 882. The average Bonchev–Trinajstić information content (AvgIpc) is 2.95. The van der Waals surface area contributed by atoms with Gasteiger partial charge < -0.3 is 5.32 Å². The smallest absolute Gasteiger partial charge is 0.271 e. The summed E-state index contributed by atoms with van der Waals surface area (Å²) in [6.45, 7) is 6.25. The second-order valence-corrected chi connectivity index (χ2v) is 6.74. The predicted octanol–water partition coefficient (Wildman–Crippen LogP) is 4.00. The number of para-hydroxylation sites is 1. The normalized spacial score (nSPS) is 13.0. The summed E-state index contributed by atoms with van der Waals surface area (Å²) in [5.41, 5.74) is 2.25. The molecule has 1 unspecified atom stereocenters. The molecule has 1 N–H and O–H groups in total. The summed E-state index contributed by atoms with van der Waals surface area (Å²) in [6.07, 6.45) is -0.216. The number of nitrogens with one attached hydrogen (secondary N) is 1. The van der Waals surface area contributed by atoms with E-state index in [9.17, 15) is 10.1 Å².